The molecular formula is C13H15FN2O3S. The van der Waals surface area contributed by atoms with Gasteiger partial charge in [-0.2, -0.15) is 11.8 Å². The number of amides is 2. The van der Waals surface area contributed by atoms with Crippen LogP contribution in [-0.2, 0) is 4.79 Å². The maximum Gasteiger partial charge on any atom is 0.322 e. The Bertz CT molecular complexity index is 512. The van der Waals surface area contributed by atoms with Gasteiger partial charge in [-0.1, -0.05) is 12.1 Å². The predicted molar refractivity (Wildman–Crippen MR) is 75.5 cm³/mol. The van der Waals surface area contributed by atoms with Crippen LogP contribution in [0.2, 0.25) is 0 Å². The first-order valence-electron chi connectivity index (χ1n) is 6.19. The molecule has 1 atom stereocenters. The van der Waals surface area contributed by atoms with Gasteiger partial charge in [-0.05, 0) is 12.1 Å². The number of urea groups is 1. The van der Waals surface area contributed by atoms with Gasteiger partial charge in [0.05, 0.1) is 18.2 Å². The van der Waals surface area contributed by atoms with Crippen molar-refractivity contribution in [3.05, 3.63) is 30.1 Å². The molecule has 1 aliphatic rings. The highest BCUT2D eigenvalue weighted by Crippen LogP contribution is 2.21. The fourth-order valence-corrected chi connectivity index (χ4v) is 3.10. The molecule has 1 fully saturated rings. The van der Waals surface area contributed by atoms with Gasteiger partial charge in [-0.3, -0.25) is 4.79 Å². The summed E-state index contributed by atoms with van der Waals surface area (Å²) in [6, 6.07) is 5.07. The van der Waals surface area contributed by atoms with Crippen LogP contribution in [0.3, 0.4) is 0 Å². The van der Waals surface area contributed by atoms with Crippen molar-refractivity contribution in [1.82, 2.24) is 4.90 Å². The molecule has 1 unspecified atom stereocenters. The Hall–Kier alpha value is -1.76. The number of carboxylic acid groups (broad SMARTS) is 1. The Morgan fingerprint density at radius 2 is 2.20 bits per heavy atom. The van der Waals surface area contributed by atoms with E-state index >= 15 is 0 Å². The molecule has 0 bridgehead atoms. The molecule has 0 aromatic heterocycles. The smallest absolute Gasteiger partial charge is 0.322 e. The summed E-state index contributed by atoms with van der Waals surface area (Å²) in [4.78, 5) is 24.4. The minimum atomic E-state index is -0.943. The van der Waals surface area contributed by atoms with Gasteiger partial charge in [-0.25, -0.2) is 9.18 Å². The van der Waals surface area contributed by atoms with Gasteiger partial charge in [0.1, 0.15) is 5.82 Å². The first-order valence-corrected chi connectivity index (χ1v) is 7.35. The lowest BCUT2D eigenvalue weighted by atomic mass is 10.2. The molecule has 1 aromatic carbocycles. The summed E-state index contributed by atoms with van der Waals surface area (Å²) in [7, 11) is 0. The number of halogens is 1. The Morgan fingerprint density at radius 3 is 2.90 bits per heavy atom. The van der Waals surface area contributed by atoms with E-state index < -0.39 is 17.8 Å². The van der Waals surface area contributed by atoms with Gasteiger partial charge in [0.15, 0.2) is 0 Å². The van der Waals surface area contributed by atoms with Crippen molar-refractivity contribution in [2.24, 2.45) is 0 Å². The van der Waals surface area contributed by atoms with Gasteiger partial charge < -0.3 is 15.3 Å². The molecule has 0 saturated carbocycles. The second-order valence-electron chi connectivity index (χ2n) is 4.43. The van der Waals surface area contributed by atoms with Crippen LogP contribution in [0.4, 0.5) is 14.9 Å². The molecule has 0 radical (unpaired) electrons. The van der Waals surface area contributed by atoms with Crippen LogP contribution < -0.4 is 5.32 Å². The SMILES string of the molecule is O=C(O)CC1CSCCN1C(=O)Nc1ccccc1F. The van der Waals surface area contributed by atoms with Crippen molar-refractivity contribution in [3.63, 3.8) is 0 Å². The fourth-order valence-electron chi connectivity index (χ4n) is 2.04. The minimum Gasteiger partial charge on any atom is -0.481 e. The molecule has 2 rings (SSSR count). The number of para-hydroxylation sites is 1. The summed E-state index contributed by atoms with van der Waals surface area (Å²) in [6.45, 7) is 0.461. The zero-order valence-corrected chi connectivity index (χ0v) is 11.5. The lowest BCUT2D eigenvalue weighted by Gasteiger charge is -2.34. The number of carboxylic acids is 1. The molecule has 108 valence electrons. The summed E-state index contributed by atoms with van der Waals surface area (Å²) in [6.07, 6.45) is -0.0995. The Kier molecular flexibility index (Phi) is 4.84. The Labute approximate surface area is 120 Å². The van der Waals surface area contributed by atoms with E-state index in [0.29, 0.717) is 12.3 Å². The number of hydrogen-bond acceptors (Lipinski definition) is 3. The molecule has 20 heavy (non-hydrogen) atoms. The van der Waals surface area contributed by atoms with Gasteiger partial charge in [0.2, 0.25) is 0 Å². The topological polar surface area (TPSA) is 69.6 Å². The van der Waals surface area contributed by atoms with Crippen LogP contribution in [0.25, 0.3) is 0 Å². The highest BCUT2D eigenvalue weighted by Gasteiger charge is 2.29. The van der Waals surface area contributed by atoms with Gasteiger partial charge in [0, 0.05) is 18.1 Å². The number of anilines is 1. The van der Waals surface area contributed by atoms with Gasteiger partial charge in [-0.15, -0.1) is 0 Å². The average Bonchev–Trinajstić information content (AvgIpc) is 2.41. The molecule has 0 spiro atoms. The van der Waals surface area contributed by atoms with Crippen molar-refractivity contribution in [3.8, 4) is 0 Å². The van der Waals surface area contributed by atoms with E-state index in [1.54, 1.807) is 17.8 Å². The fraction of sp³-hybridized carbons (Fsp3) is 0.385. The minimum absolute atomic E-state index is 0.0995. The monoisotopic (exact) mass is 298 g/mol. The summed E-state index contributed by atoms with van der Waals surface area (Å²) in [5.41, 5.74) is 0.102. The number of carbonyl (C=O) groups excluding carboxylic acids is 1. The third kappa shape index (κ3) is 3.63. The summed E-state index contributed by atoms with van der Waals surface area (Å²) in [5.74, 6) is -0.124. The number of thioether (sulfide) groups is 1. The van der Waals surface area contributed by atoms with Crippen molar-refractivity contribution < 1.29 is 19.1 Å². The molecule has 5 nitrogen and oxygen atoms in total. The number of aliphatic carboxylic acids is 1. The molecule has 2 N–H and O–H groups in total. The summed E-state index contributed by atoms with van der Waals surface area (Å²) < 4.78 is 13.5. The third-order valence-corrected chi connectivity index (χ3v) is 4.11. The lowest BCUT2D eigenvalue weighted by molar-refractivity contribution is -0.137. The van der Waals surface area contributed by atoms with Crippen molar-refractivity contribution in [2.75, 3.05) is 23.4 Å². The molecule has 1 saturated heterocycles. The summed E-state index contributed by atoms with van der Waals surface area (Å²) >= 11 is 1.62. The lowest BCUT2D eigenvalue weighted by Crippen LogP contribution is -2.49. The van der Waals surface area contributed by atoms with E-state index in [4.69, 9.17) is 5.11 Å². The molecule has 0 aliphatic carbocycles. The molecule has 1 heterocycles. The quantitative estimate of drug-likeness (QED) is 0.898. The molecule has 7 heteroatoms. The first-order chi connectivity index (χ1) is 9.58. The number of rotatable bonds is 3. The number of nitrogens with one attached hydrogen (secondary N) is 1. The maximum atomic E-state index is 13.5. The number of nitrogens with zero attached hydrogens (tertiary/aromatic N) is 1. The van der Waals surface area contributed by atoms with Crippen molar-refractivity contribution in [2.45, 2.75) is 12.5 Å². The number of hydrogen-bond donors (Lipinski definition) is 2. The standard InChI is InChI=1S/C13H15FN2O3S/c14-10-3-1-2-4-11(10)15-13(19)16-5-6-20-8-9(16)7-12(17)18/h1-4,9H,5-8H2,(H,15,19)(H,17,18). The van der Waals surface area contributed by atoms with E-state index in [-0.39, 0.29) is 18.2 Å². The number of carbonyl (C=O) groups is 2. The van der Waals surface area contributed by atoms with Crippen LogP contribution in [0, 0.1) is 5.82 Å². The second kappa shape index (κ2) is 6.60. The molecule has 2 amide bonds. The van der Waals surface area contributed by atoms with Crippen molar-refractivity contribution in [1.29, 1.82) is 0 Å². The van der Waals surface area contributed by atoms with Crippen LogP contribution in [0.5, 0.6) is 0 Å². The zero-order valence-electron chi connectivity index (χ0n) is 10.7. The highest BCUT2D eigenvalue weighted by molar-refractivity contribution is 7.99. The van der Waals surface area contributed by atoms with Crippen LogP contribution in [0.1, 0.15) is 6.42 Å². The van der Waals surface area contributed by atoms with Gasteiger partial charge >= 0.3 is 12.0 Å². The predicted octanol–water partition coefficient (Wildman–Crippen LogP) is 2.25. The normalized spacial score (nSPS) is 18.6. The first kappa shape index (κ1) is 14.6. The molecule has 1 aliphatic heterocycles. The van der Waals surface area contributed by atoms with E-state index in [1.807, 2.05) is 0 Å². The summed E-state index contributed by atoms with van der Waals surface area (Å²) in [5, 5.41) is 11.4. The maximum absolute atomic E-state index is 13.5. The van der Waals surface area contributed by atoms with Crippen LogP contribution >= 0.6 is 11.8 Å². The molecular weight excluding hydrogens is 283 g/mol. The van der Waals surface area contributed by atoms with E-state index in [1.165, 1.54) is 23.1 Å². The van der Waals surface area contributed by atoms with E-state index in [9.17, 15) is 14.0 Å². The zero-order chi connectivity index (χ0) is 14.5. The van der Waals surface area contributed by atoms with E-state index in [0.717, 1.165) is 5.75 Å². The molecule has 1 aromatic rings. The number of benzene rings is 1. The largest absolute Gasteiger partial charge is 0.481 e. The van der Waals surface area contributed by atoms with Crippen LogP contribution in [0.15, 0.2) is 24.3 Å². The highest BCUT2D eigenvalue weighted by atomic mass is 32.2. The average molecular weight is 298 g/mol. The Morgan fingerprint density at radius 1 is 1.45 bits per heavy atom. The van der Waals surface area contributed by atoms with Gasteiger partial charge in [0.25, 0.3) is 0 Å². The third-order valence-electron chi connectivity index (χ3n) is 3.01. The second-order valence-corrected chi connectivity index (χ2v) is 5.58. The van der Waals surface area contributed by atoms with E-state index in [2.05, 4.69) is 5.32 Å². The van der Waals surface area contributed by atoms with Crippen molar-refractivity contribution >= 4 is 29.4 Å². The Balaban J connectivity index is 2.06. The van der Waals surface area contributed by atoms with Crippen LogP contribution in [-0.4, -0.2) is 46.1 Å².